The number of hydrogen-bond acceptors (Lipinski definition) is 5. The van der Waals surface area contributed by atoms with Gasteiger partial charge >= 0.3 is 5.97 Å². The number of esters is 1. The van der Waals surface area contributed by atoms with Crippen molar-refractivity contribution in [1.82, 2.24) is 4.98 Å². The summed E-state index contributed by atoms with van der Waals surface area (Å²) in [5.41, 5.74) is 0.653. The smallest absolute Gasteiger partial charge is 0.340 e. The highest BCUT2D eigenvalue weighted by atomic mass is 16.5. The summed E-state index contributed by atoms with van der Waals surface area (Å²) in [5.74, 6) is 0.0760. The Morgan fingerprint density at radius 1 is 1.56 bits per heavy atom. The fourth-order valence-corrected chi connectivity index (χ4v) is 1.79. The lowest BCUT2D eigenvalue weighted by Gasteiger charge is -2.29. The van der Waals surface area contributed by atoms with Gasteiger partial charge in [0.2, 0.25) is 5.69 Å². The minimum atomic E-state index is -0.477. The molecule has 0 bridgehead atoms. The topological polar surface area (TPSA) is 56.0 Å². The van der Waals surface area contributed by atoms with Crippen LogP contribution >= 0.6 is 0 Å². The van der Waals surface area contributed by atoms with Crippen molar-refractivity contribution in [1.29, 1.82) is 0 Å². The van der Waals surface area contributed by atoms with Crippen LogP contribution in [-0.2, 0) is 9.47 Å². The lowest BCUT2D eigenvalue weighted by Crippen LogP contribution is -2.37. The number of morpholine rings is 1. The Morgan fingerprint density at radius 3 is 2.89 bits per heavy atom. The fourth-order valence-electron chi connectivity index (χ4n) is 1.79. The SMILES string of the molecule is [C-]#[N+]c1cnc(N2CCOCC2)c(C(=O)OC)c1. The second kappa shape index (κ2) is 5.47. The predicted molar refractivity (Wildman–Crippen MR) is 64.9 cm³/mol. The molecule has 1 aliphatic rings. The largest absolute Gasteiger partial charge is 0.465 e. The molecule has 0 aromatic carbocycles. The van der Waals surface area contributed by atoms with E-state index in [0.717, 1.165) is 0 Å². The zero-order valence-corrected chi connectivity index (χ0v) is 10.0. The van der Waals surface area contributed by atoms with E-state index < -0.39 is 5.97 Å². The fraction of sp³-hybridized carbons (Fsp3) is 0.417. The van der Waals surface area contributed by atoms with Gasteiger partial charge in [0.25, 0.3) is 0 Å². The third-order valence-corrected chi connectivity index (χ3v) is 2.70. The summed E-state index contributed by atoms with van der Waals surface area (Å²) >= 11 is 0. The number of hydrogen-bond donors (Lipinski definition) is 0. The van der Waals surface area contributed by atoms with Gasteiger partial charge in [0.1, 0.15) is 5.82 Å². The van der Waals surface area contributed by atoms with E-state index in [1.807, 2.05) is 4.90 Å². The van der Waals surface area contributed by atoms with Crippen molar-refractivity contribution < 1.29 is 14.3 Å². The number of methoxy groups -OCH3 is 1. The highest BCUT2D eigenvalue weighted by Crippen LogP contribution is 2.24. The van der Waals surface area contributed by atoms with Crippen molar-refractivity contribution in [2.45, 2.75) is 0 Å². The molecule has 1 aromatic rings. The van der Waals surface area contributed by atoms with Crippen molar-refractivity contribution in [2.24, 2.45) is 0 Å². The van der Waals surface area contributed by atoms with Gasteiger partial charge in [0, 0.05) is 19.3 Å². The first-order valence-corrected chi connectivity index (χ1v) is 5.54. The van der Waals surface area contributed by atoms with Gasteiger partial charge in [-0.2, -0.15) is 0 Å². The van der Waals surface area contributed by atoms with Crippen LogP contribution in [0.25, 0.3) is 4.85 Å². The maximum absolute atomic E-state index is 11.7. The van der Waals surface area contributed by atoms with Crippen molar-refractivity contribution in [3.8, 4) is 0 Å². The third kappa shape index (κ3) is 2.41. The summed E-state index contributed by atoms with van der Waals surface area (Å²) in [6.07, 6.45) is 1.46. The molecule has 0 aliphatic carbocycles. The maximum Gasteiger partial charge on any atom is 0.340 e. The summed E-state index contributed by atoms with van der Waals surface area (Å²) in [6.45, 7) is 9.51. The number of anilines is 1. The van der Waals surface area contributed by atoms with E-state index in [4.69, 9.17) is 16.0 Å². The summed E-state index contributed by atoms with van der Waals surface area (Å²) in [7, 11) is 1.32. The molecule has 0 amide bonds. The number of pyridine rings is 1. The molecule has 0 radical (unpaired) electrons. The number of rotatable bonds is 2. The van der Waals surface area contributed by atoms with E-state index in [2.05, 4.69) is 9.83 Å². The van der Waals surface area contributed by atoms with Crippen molar-refractivity contribution >= 4 is 17.5 Å². The molecule has 0 saturated carbocycles. The summed E-state index contributed by atoms with van der Waals surface area (Å²) in [6, 6.07) is 1.51. The van der Waals surface area contributed by atoms with E-state index in [0.29, 0.717) is 43.4 Å². The van der Waals surface area contributed by atoms with Gasteiger partial charge in [-0.1, -0.05) is 0 Å². The van der Waals surface area contributed by atoms with Gasteiger partial charge in [-0.15, -0.1) is 0 Å². The second-order valence-corrected chi connectivity index (χ2v) is 3.77. The summed E-state index contributed by atoms with van der Waals surface area (Å²) in [5, 5.41) is 0. The standard InChI is InChI=1S/C12H13N3O3/c1-13-9-7-10(12(16)17-2)11(14-8-9)15-3-5-18-6-4-15/h7-8H,3-6H2,2H3. The Labute approximate surface area is 105 Å². The van der Waals surface area contributed by atoms with Gasteiger partial charge in [-0.25, -0.2) is 9.64 Å². The van der Waals surface area contributed by atoms with Crippen LogP contribution in [0.5, 0.6) is 0 Å². The first-order chi connectivity index (χ1) is 8.76. The van der Waals surface area contributed by atoms with E-state index in [1.165, 1.54) is 19.4 Å². The number of nitrogens with zero attached hydrogens (tertiary/aromatic N) is 3. The molecule has 1 aromatic heterocycles. The van der Waals surface area contributed by atoms with Crippen LogP contribution < -0.4 is 4.90 Å². The van der Waals surface area contributed by atoms with Crippen LogP contribution in [-0.4, -0.2) is 44.4 Å². The minimum Gasteiger partial charge on any atom is -0.465 e. The zero-order valence-electron chi connectivity index (χ0n) is 10.0. The van der Waals surface area contributed by atoms with Crippen LogP contribution in [0.4, 0.5) is 11.5 Å². The van der Waals surface area contributed by atoms with Crippen LogP contribution in [0.3, 0.4) is 0 Å². The molecule has 0 N–H and O–H groups in total. The van der Waals surface area contributed by atoms with Crippen LogP contribution in [0, 0.1) is 6.57 Å². The number of aromatic nitrogens is 1. The molecular weight excluding hydrogens is 234 g/mol. The molecule has 18 heavy (non-hydrogen) atoms. The average Bonchev–Trinajstić information content (AvgIpc) is 2.46. The van der Waals surface area contributed by atoms with Gasteiger partial charge in [-0.05, 0) is 6.07 Å². The normalized spacial score (nSPS) is 15.0. The molecule has 0 unspecified atom stereocenters. The molecule has 1 fully saturated rings. The Hall–Kier alpha value is -2.13. The first kappa shape index (κ1) is 12.3. The molecule has 0 spiro atoms. The van der Waals surface area contributed by atoms with Crippen LogP contribution in [0.15, 0.2) is 12.3 Å². The lowest BCUT2D eigenvalue weighted by atomic mass is 10.2. The van der Waals surface area contributed by atoms with Crippen molar-refractivity contribution in [2.75, 3.05) is 38.3 Å². The van der Waals surface area contributed by atoms with Crippen molar-refractivity contribution in [3.05, 3.63) is 29.2 Å². The van der Waals surface area contributed by atoms with Crippen LogP contribution in [0.2, 0.25) is 0 Å². The molecule has 2 rings (SSSR count). The molecular formula is C12H13N3O3. The molecule has 2 heterocycles. The van der Waals surface area contributed by atoms with E-state index in [9.17, 15) is 4.79 Å². The maximum atomic E-state index is 11.7. The lowest BCUT2D eigenvalue weighted by molar-refractivity contribution is 0.0600. The Balaban J connectivity index is 2.39. The third-order valence-electron chi connectivity index (χ3n) is 2.70. The average molecular weight is 247 g/mol. The first-order valence-electron chi connectivity index (χ1n) is 5.54. The highest BCUT2D eigenvalue weighted by Gasteiger charge is 2.21. The molecule has 6 heteroatoms. The summed E-state index contributed by atoms with van der Waals surface area (Å²) < 4.78 is 9.99. The number of carbonyl (C=O) groups excluding carboxylic acids is 1. The molecule has 94 valence electrons. The Kier molecular flexibility index (Phi) is 3.75. The monoisotopic (exact) mass is 247 g/mol. The number of ether oxygens (including phenoxy) is 2. The van der Waals surface area contributed by atoms with E-state index in [1.54, 1.807) is 0 Å². The predicted octanol–water partition coefficient (Wildman–Crippen LogP) is 1.26. The molecule has 6 nitrogen and oxygen atoms in total. The number of carbonyl (C=O) groups is 1. The quantitative estimate of drug-likeness (QED) is 0.581. The van der Waals surface area contributed by atoms with Crippen LogP contribution in [0.1, 0.15) is 10.4 Å². The highest BCUT2D eigenvalue weighted by molar-refractivity contribution is 5.95. The second-order valence-electron chi connectivity index (χ2n) is 3.77. The molecule has 1 saturated heterocycles. The molecule has 0 atom stereocenters. The van der Waals surface area contributed by atoms with Gasteiger partial charge < -0.3 is 14.4 Å². The van der Waals surface area contributed by atoms with Gasteiger partial charge in [0.15, 0.2) is 0 Å². The Bertz CT molecular complexity index is 490. The summed E-state index contributed by atoms with van der Waals surface area (Å²) in [4.78, 5) is 21.2. The van der Waals surface area contributed by atoms with E-state index >= 15 is 0 Å². The zero-order chi connectivity index (χ0) is 13.0. The minimum absolute atomic E-state index is 0.326. The molecule has 1 aliphatic heterocycles. The van der Waals surface area contributed by atoms with E-state index in [-0.39, 0.29) is 0 Å². The van der Waals surface area contributed by atoms with Gasteiger partial charge in [0.05, 0.1) is 32.5 Å². The van der Waals surface area contributed by atoms with Gasteiger partial charge in [-0.3, -0.25) is 4.98 Å². The Morgan fingerprint density at radius 2 is 2.28 bits per heavy atom. The van der Waals surface area contributed by atoms with Crippen molar-refractivity contribution in [3.63, 3.8) is 0 Å².